The van der Waals surface area contributed by atoms with Crippen LogP contribution in [0.15, 0.2) is 42.5 Å². The zero-order chi connectivity index (χ0) is 14.7. The number of nitrogens with one attached hydrogen (secondary N) is 1. The molecule has 2 nitrogen and oxygen atoms in total. The van der Waals surface area contributed by atoms with Gasteiger partial charge in [0, 0.05) is 36.5 Å². The lowest BCUT2D eigenvalue weighted by Gasteiger charge is -2.19. The molecular weight excluding hydrogens is 275 g/mol. The van der Waals surface area contributed by atoms with Gasteiger partial charge in [0.2, 0.25) is 0 Å². The van der Waals surface area contributed by atoms with Crippen molar-refractivity contribution in [2.75, 3.05) is 24.3 Å². The summed E-state index contributed by atoms with van der Waals surface area (Å²) in [7, 11) is 4.00. The van der Waals surface area contributed by atoms with Crippen LogP contribution in [0.5, 0.6) is 0 Å². The summed E-state index contributed by atoms with van der Waals surface area (Å²) >= 11 is 6.08. The first-order valence-corrected chi connectivity index (χ1v) is 6.84. The molecule has 0 saturated carbocycles. The van der Waals surface area contributed by atoms with Gasteiger partial charge in [0.25, 0.3) is 0 Å². The molecule has 106 valence electrons. The molecule has 20 heavy (non-hydrogen) atoms. The number of hydrogen-bond acceptors (Lipinski definition) is 2. The van der Waals surface area contributed by atoms with E-state index >= 15 is 0 Å². The van der Waals surface area contributed by atoms with E-state index in [0.29, 0.717) is 5.02 Å². The summed E-state index contributed by atoms with van der Waals surface area (Å²) in [6.07, 6.45) is 0. The second-order valence-corrected chi connectivity index (χ2v) is 5.38. The van der Waals surface area contributed by atoms with E-state index in [1.54, 1.807) is 6.07 Å². The summed E-state index contributed by atoms with van der Waals surface area (Å²) in [6, 6.07) is 12.6. The van der Waals surface area contributed by atoms with Crippen LogP contribution in [0.4, 0.5) is 15.8 Å². The third-order valence-corrected chi connectivity index (χ3v) is 3.50. The van der Waals surface area contributed by atoms with Gasteiger partial charge in [-0.3, -0.25) is 0 Å². The molecule has 0 amide bonds. The highest BCUT2D eigenvalue weighted by Gasteiger charge is 2.10. The van der Waals surface area contributed by atoms with Gasteiger partial charge in [0.1, 0.15) is 5.82 Å². The van der Waals surface area contributed by atoms with Crippen molar-refractivity contribution in [2.45, 2.75) is 13.0 Å². The van der Waals surface area contributed by atoms with Crippen LogP contribution >= 0.6 is 11.6 Å². The molecule has 0 aromatic heterocycles. The maximum atomic E-state index is 13.1. The first-order valence-electron chi connectivity index (χ1n) is 6.46. The molecule has 0 fully saturated rings. The SMILES string of the molecule is CC(Nc1cccc(N(C)C)c1)c1ccc(F)cc1Cl. The normalized spacial score (nSPS) is 12.1. The van der Waals surface area contributed by atoms with Crippen molar-refractivity contribution < 1.29 is 4.39 Å². The minimum absolute atomic E-state index is 0.000474. The molecule has 0 aliphatic carbocycles. The van der Waals surface area contributed by atoms with Gasteiger partial charge in [-0.15, -0.1) is 0 Å². The first kappa shape index (κ1) is 14.7. The fourth-order valence-electron chi connectivity index (χ4n) is 2.05. The molecule has 0 radical (unpaired) electrons. The van der Waals surface area contributed by atoms with E-state index in [0.717, 1.165) is 16.9 Å². The van der Waals surface area contributed by atoms with Gasteiger partial charge in [-0.05, 0) is 42.8 Å². The average molecular weight is 293 g/mol. The van der Waals surface area contributed by atoms with Gasteiger partial charge < -0.3 is 10.2 Å². The highest BCUT2D eigenvalue weighted by Crippen LogP contribution is 2.27. The second-order valence-electron chi connectivity index (χ2n) is 4.98. The van der Waals surface area contributed by atoms with Crippen molar-refractivity contribution in [2.24, 2.45) is 0 Å². The molecule has 0 spiro atoms. The maximum absolute atomic E-state index is 13.1. The van der Waals surface area contributed by atoms with Gasteiger partial charge in [0.05, 0.1) is 0 Å². The van der Waals surface area contributed by atoms with E-state index in [1.807, 2.05) is 44.1 Å². The summed E-state index contributed by atoms with van der Waals surface area (Å²) in [5.41, 5.74) is 3.00. The molecule has 1 N–H and O–H groups in total. The Hall–Kier alpha value is -1.74. The Morgan fingerprint density at radius 2 is 1.90 bits per heavy atom. The zero-order valence-electron chi connectivity index (χ0n) is 11.8. The Kier molecular flexibility index (Phi) is 4.50. The molecule has 1 atom stereocenters. The molecule has 0 saturated heterocycles. The Labute approximate surface area is 124 Å². The molecule has 2 aromatic carbocycles. The molecule has 2 rings (SSSR count). The fourth-order valence-corrected chi connectivity index (χ4v) is 2.39. The molecule has 0 bridgehead atoms. The zero-order valence-corrected chi connectivity index (χ0v) is 12.6. The lowest BCUT2D eigenvalue weighted by Crippen LogP contribution is -2.10. The van der Waals surface area contributed by atoms with Gasteiger partial charge in [-0.25, -0.2) is 4.39 Å². The van der Waals surface area contributed by atoms with E-state index in [2.05, 4.69) is 11.4 Å². The number of halogens is 2. The standard InChI is InChI=1S/C16H18ClFN2/c1-11(15-8-7-12(18)9-16(15)17)19-13-5-4-6-14(10-13)20(2)3/h4-11,19H,1-3H3. The topological polar surface area (TPSA) is 15.3 Å². The monoisotopic (exact) mass is 292 g/mol. The predicted octanol–water partition coefficient (Wildman–Crippen LogP) is 4.72. The Morgan fingerprint density at radius 1 is 1.15 bits per heavy atom. The van der Waals surface area contributed by atoms with Crippen LogP contribution in [-0.4, -0.2) is 14.1 Å². The summed E-state index contributed by atoms with van der Waals surface area (Å²) < 4.78 is 13.1. The highest BCUT2D eigenvalue weighted by atomic mass is 35.5. The van der Waals surface area contributed by atoms with Crippen molar-refractivity contribution in [3.63, 3.8) is 0 Å². The number of nitrogens with zero attached hydrogens (tertiary/aromatic N) is 1. The average Bonchev–Trinajstić information content (AvgIpc) is 2.38. The Bertz CT molecular complexity index is 599. The fraction of sp³-hybridized carbons (Fsp3) is 0.250. The molecule has 0 aliphatic rings. The van der Waals surface area contributed by atoms with E-state index < -0.39 is 0 Å². The van der Waals surface area contributed by atoms with Gasteiger partial charge in [-0.2, -0.15) is 0 Å². The number of rotatable bonds is 4. The Balaban J connectivity index is 2.19. The van der Waals surface area contributed by atoms with Gasteiger partial charge in [0.15, 0.2) is 0 Å². The minimum atomic E-state index is -0.319. The predicted molar refractivity (Wildman–Crippen MR) is 84.2 cm³/mol. The van der Waals surface area contributed by atoms with Crippen molar-refractivity contribution in [1.82, 2.24) is 0 Å². The van der Waals surface area contributed by atoms with E-state index in [-0.39, 0.29) is 11.9 Å². The van der Waals surface area contributed by atoms with Crippen LogP contribution in [0.3, 0.4) is 0 Å². The summed E-state index contributed by atoms with van der Waals surface area (Å²) in [5, 5.41) is 3.82. The molecule has 0 aliphatic heterocycles. The third kappa shape index (κ3) is 3.42. The quantitative estimate of drug-likeness (QED) is 0.877. The maximum Gasteiger partial charge on any atom is 0.124 e. The van der Waals surface area contributed by atoms with E-state index in [4.69, 9.17) is 11.6 Å². The molecule has 1 unspecified atom stereocenters. The molecule has 4 heteroatoms. The summed E-state index contributed by atoms with van der Waals surface area (Å²) in [6.45, 7) is 2.00. The van der Waals surface area contributed by atoms with Crippen molar-refractivity contribution in [3.8, 4) is 0 Å². The smallest absolute Gasteiger partial charge is 0.124 e. The number of benzene rings is 2. The lowest BCUT2D eigenvalue weighted by molar-refractivity contribution is 0.626. The van der Waals surface area contributed by atoms with Crippen LogP contribution in [0.2, 0.25) is 5.02 Å². The minimum Gasteiger partial charge on any atom is -0.378 e. The number of hydrogen-bond donors (Lipinski definition) is 1. The summed E-state index contributed by atoms with van der Waals surface area (Å²) in [4.78, 5) is 2.04. The number of anilines is 2. The van der Waals surface area contributed by atoms with Gasteiger partial charge in [-0.1, -0.05) is 23.7 Å². The highest BCUT2D eigenvalue weighted by molar-refractivity contribution is 6.31. The first-order chi connectivity index (χ1) is 9.47. The van der Waals surface area contributed by atoms with Crippen LogP contribution in [0.1, 0.15) is 18.5 Å². The largest absolute Gasteiger partial charge is 0.378 e. The third-order valence-electron chi connectivity index (χ3n) is 3.17. The van der Waals surface area contributed by atoms with Crippen molar-refractivity contribution in [3.05, 3.63) is 58.9 Å². The summed E-state index contributed by atoms with van der Waals surface area (Å²) in [5.74, 6) is -0.319. The van der Waals surface area contributed by atoms with Crippen LogP contribution < -0.4 is 10.2 Å². The van der Waals surface area contributed by atoms with E-state index in [1.165, 1.54) is 12.1 Å². The lowest BCUT2D eigenvalue weighted by atomic mass is 10.1. The molecule has 2 aromatic rings. The van der Waals surface area contributed by atoms with Gasteiger partial charge >= 0.3 is 0 Å². The Morgan fingerprint density at radius 3 is 2.55 bits per heavy atom. The van der Waals surface area contributed by atoms with E-state index in [9.17, 15) is 4.39 Å². The van der Waals surface area contributed by atoms with Crippen molar-refractivity contribution >= 4 is 23.0 Å². The van der Waals surface area contributed by atoms with Crippen LogP contribution in [0, 0.1) is 5.82 Å². The van der Waals surface area contributed by atoms with Crippen molar-refractivity contribution in [1.29, 1.82) is 0 Å². The second kappa shape index (κ2) is 6.14. The van der Waals surface area contributed by atoms with Crippen LogP contribution in [-0.2, 0) is 0 Å². The molecular formula is C16H18ClFN2. The molecule has 0 heterocycles. The van der Waals surface area contributed by atoms with Crippen LogP contribution in [0.25, 0.3) is 0 Å².